The lowest BCUT2D eigenvalue weighted by Crippen LogP contribution is -2.12. The number of benzene rings is 2. The van der Waals surface area contributed by atoms with Crippen molar-refractivity contribution in [2.45, 2.75) is 20.3 Å². The summed E-state index contributed by atoms with van der Waals surface area (Å²) >= 11 is 0. The molecular formula is C20H17FO4. The van der Waals surface area contributed by atoms with Crippen LogP contribution in [0.2, 0.25) is 0 Å². The van der Waals surface area contributed by atoms with Gasteiger partial charge >= 0.3 is 5.63 Å². The number of hydrogen-bond acceptors (Lipinski definition) is 4. The smallest absolute Gasteiger partial charge is 0.336 e. The van der Waals surface area contributed by atoms with Gasteiger partial charge in [-0.05, 0) is 60.9 Å². The fourth-order valence-electron chi connectivity index (χ4n) is 2.73. The minimum absolute atomic E-state index is 0.188. The third-order valence-corrected chi connectivity index (χ3v) is 3.94. The number of hydrogen-bond donors (Lipinski definition) is 0. The maximum Gasteiger partial charge on any atom is 0.336 e. The fraction of sp³-hybridized carbons (Fsp3) is 0.200. The van der Waals surface area contributed by atoms with Crippen molar-refractivity contribution in [3.8, 4) is 5.75 Å². The Morgan fingerprint density at radius 2 is 1.88 bits per heavy atom. The monoisotopic (exact) mass is 340 g/mol. The molecule has 0 fully saturated rings. The third-order valence-electron chi connectivity index (χ3n) is 3.94. The quantitative estimate of drug-likeness (QED) is 0.519. The number of ketones is 1. The van der Waals surface area contributed by atoms with Crippen LogP contribution in [0.1, 0.15) is 28.4 Å². The molecule has 1 heterocycles. The molecule has 0 saturated carbocycles. The first-order valence-corrected chi connectivity index (χ1v) is 7.97. The van der Waals surface area contributed by atoms with Gasteiger partial charge < -0.3 is 9.15 Å². The third kappa shape index (κ3) is 3.60. The average Bonchev–Trinajstić information content (AvgIpc) is 2.58. The second kappa shape index (κ2) is 6.89. The summed E-state index contributed by atoms with van der Waals surface area (Å²) in [5.41, 5.74) is 2.06. The van der Waals surface area contributed by atoms with Gasteiger partial charge in [0.05, 0.1) is 5.39 Å². The van der Waals surface area contributed by atoms with Gasteiger partial charge in [-0.2, -0.15) is 0 Å². The average molecular weight is 340 g/mol. The van der Waals surface area contributed by atoms with E-state index >= 15 is 0 Å². The van der Waals surface area contributed by atoms with Crippen LogP contribution in [0, 0.1) is 12.7 Å². The highest BCUT2D eigenvalue weighted by Crippen LogP contribution is 2.30. The van der Waals surface area contributed by atoms with E-state index in [-0.39, 0.29) is 12.4 Å². The van der Waals surface area contributed by atoms with Crippen molar-refractivity contribution in [1.82, 2.24) is 0 Å². The van der Waals surface area contributed by atoms with Gasteiger partial charge in [-0.15, -0.1) is 0 Å². The highest BCUT2D eigenvalue weighted by molar-refractivity contribution is 5.97. The van der Waals surface area contributed by atoms with E-state index in [1.54, 1.807) is 12.1 Å². The van der Waals surface area contributed by atoms with Gasteiger partial charge in [0, 0.05) is 11.6 Å². The summed E-state index contributed by atoms with van der Waals surface area (Å²) in [6, 6.07) is 10.3. The second-order valence-electron chi connectivity index (χ2n) is 5.80. The van der Waals surface area contributed by atoms with E-state index in [1.165, 1.54) is 30.3 Å². The lowest BCUT2D eigenvalue weighted by atomic mass is 10.0. The first-order chi connectivity index (χ1) is 12.0. The second-order valence-corrected chi connectivity index (χ2v) is 5.80. The molecule has 0 aliphatic rings. The Kier molecular flexibility index (Phi) is 4.65. The molecular weight excluding hydrogens is 323 g/mol. The molecule has 0 unspecified atom stereocenters. The van der Waals surface area contributed by atoms with E-state index < -0.39 is 11.4 Å². The molecule has 25 heavy (non-hydrogen) atoms. The standard InChI is InChI=1S/C20H17FO4/c1-3-13-10-19(23)25-18-9-12(2)8-17(20(13)18)24-11-16(22)14-4-6-15(21)7-5-14/h4-10H,3,11H2,1-2H3. The molecule has 0 amide bonds. The van der Waals surface area contributed by atoms with Crippen LogP contribution in [0.25, 0.3) is 11.0 Å². The minimum Gasteiger partial charge on any atom is -0.485 e. The van der Waals surface area contributed by atoms with Crippen molar-refractivity contribution < 1.29 is 18.3 Å². The zero-order valence-electron chi connectivity index (χ0n) is 14.0. The predicted molar refractivity (Wildman–Crippen MR) is 92.8 cm³/mol. The van der Waals surface area contributed by atoms with Crippen LogP contribution in [0.4, 0.5) is 4.39 Å². The van der Waals surface area contributed by atoms with Gasteiger partial charge in [0.1, 0.15) is 17.1 Å². The number of aryl methyl sites for hydroxylation is 2. The number of ether oxygens (including phenoxy) is 1. The van der Waals surface area contributed by atoms with E-state index in [4.69, 9.17) is 9.15 Å². The van der Waals surface area contributed by atoms with Gasteiger partial charge in [0.2, 0.25) is 0 Å². The van der Waals surface area contributed by atoms with Crippen LogP contribution in [0.3, 0.4) is 0 Å². The summed E-state index contributed by atoms with van der Waals surface area (Å²) in [7, 11) is 0. The first kappa shape index (κ1) is 16.9. The molecule has 128 valence electrons. The molecule has 3 rings (SSSR count). The van der Waals surface area contributed by atoms with Gasteiger partial charge in [-0.1, -0.05) is 6.92 Å². The molecule has 0 bridgehead atoms. The Bertz CT molecular complexity index is 987. The van der Waals surface area contributed by atoms with Gasteiger partial charge in [-0.3, -0.25) is 4.79 Å². The SMILES string of the molecule is CCc1cc(=O)oc2cc(C)cc(OCC(=O)c3ccc(F)cc3)c12. The Morgan fingerprint density at radius 3 is 2.56 bits per heavy atom. The Labute approximate surface area is 143 Å². The van der Waals surface area contributed by atoms with Crippen molar-refractivity contribution in [2.24, 2.45) is 0 Å². The van der Waals surface area contributed by atoms with E-state index in [2.05, 4.69) is 0 Å². The number of halogens is 1. The summed E-state index contributed by atoms with van der Waals surface area (Å²) in [6.45, 7) is 3.60. The molecule has 2 aromatic carbocycles. The van der Waals surface area contributed by atoms with Crippen LogP contribution >= 0.6 is 0 Å². The molecule has 0 aliphatic carbocycles. The molecule has 4 nitrogen and oxygen atoms in total. The van der Waals surface area contributed by atoms with Crippen molar-refractivity contribution in [3.05, 3.63) is 75.4 Å². The summed E-state index contributed by atoms with van der Waals surface area (Å²) < 4.78 is 23.9. The molecule has 0 saturated heterocycles. The predicted octanol–water partition coefficient (Wildman–Crippen LogP) is 4.06. The molecule has 0 atom stereocenters. The molecule has 5 heteroatoms. The van der Waals surface area contributed by atoms with Crippen molar-refractivity contribution >= 4 is 16.8 Å². The van der Waals surface area contributed by atoms with Crippen LogP contribution in [0.15, 0.2) is 51.7 Å². The maximum atomic E-state index is 13.0. The number of carbonyl (C=O) groups excluding carboxylic acids is 1. The first-order valence-electron chi connectivity index (χ1n) is 7.97. The van der Waals surface area contributed by atoms with Crippen LogP contribution in [0.5, 0.6) is 5.75 Å². The van der Waals surface area contributed by atoms with Gasteiger partial charge in [0.25, 0.3) is 0 Å². The number of Topliss-reactive ketones (excluding diaryl/α,β-unsaturated/α-hetero) is 1. The minimum atomic E-state index is -0.414. The Balaban J connectivity index is 1.94. The van der Waals surface area contributed by atoms with Gasteiger partial charge in [-0.25, -0.2) is 9.18 Å². The van der Waals surface area contributed by atoms with Crippen LogP contribution < -0.4 is 10.4 Å². The van der Waals surface area contributed by atoms with E-state index in [1.807, 2.05) is 13.8 Å². The number of carbonyl (C=O) groups is 1. The molecule has 0 aliphatic heterocycles. The van der Waals surface area contributed by atoms with Crippen molar-refractivity contribution in [3.63, 3.8) is 0 Å². The largest absolute Gasteiger partial charge is 0.485 e. The molecule has 3 aromatic rings. The molecule has 1 aromatic heterocycles. The topological polar surface area (TPSA) is 56.5 Å². The van der Waals surface area contributed by atoms with Crippen LogP contribution in [-0.2, 0) is 6.42 Å². The van der Waals surface area contributed by atoms with E-state index in [9.17, 15) is 14.0 Å². The maximum absolute atomic E-state index is 13.0. The Hall–Kier alpha value is -2.95. The lowest BCUT2D eigenvalue weighted by Gasteiger charge is -2.12. The Morgan fingerprint density at radius 1 is 1.16 bits per heavy atom. The molecule has 0 spiro atoms. The summed E-state index contributed by atoms with van der Waals surface area (Å²) in [4.78, 5) is 23.9. The lowest BCUT2D eigenvalue weighted by molar-refractivity contribution is 0.0922. The van der Waals surface area contributed by atoms with E-state index in [0.29, 0.717) is 28.7 Å². The zero-order chi connectivity index (χ0) is 18.0. The number of rotatable bonds is 5. The fourth-order valence-corrected chi connectivity index (χ4v) is 2.73. The highest BCUT2D eigenvalue weighted by Gasteiger charge is 2.14. The zero-order valence-corrected chi connectivity index (χ0v) is 14.0. The summed E-state index contributed by atoms with van der Waals surface area (Å²) in [6.07, 6.45) is 0.632. The van der Waals surface area contributed by atoms with E-state index in [0.717, 1.165) is 11.1 Å². The molecule has 0 N–H and O–H groups in total. The normalized spacial score (nSPS) is 10.8. The van der Waals surface area contributed by atoms with Crippen LogP contribution in [-0.4, -0.2) is 12.4 Å². The summed E-state index contributed by atoms with van der Waals surface area (Å²) in [5.74, 6) is -0.166. The van der Waals surface area contributed by atoms with Gasteiger partial charge in [0.15, 0.2) is 12.4 Å². The summed E-state index contributed by atoms with van der Waals surface area (Å²) in [5, 5.41) is 0.694. The number of fused-ring (bicyclic) bond motifs is 1. The molecule has 0 radical (unpaired) electrons. The van der Waals surface area contributed by atoms with Crippen molar-refractivity contribution in [1.29, 1.82) is 0 Å². The highest BCUT2D eigenvalue weighted by atomic mass is 19.1. The van der Waals surface area contributed by atoms with Crippen molar-refractivity contribution in [2.75, 3.05) is 6.61 Å².